The molecule has 0 aliphatic carbocycles. The van der Waals surface area contributed by atoms with Crippen molar-refractivity contribution in [2.75, 3.05) is 18.8 Å². The van der Waals surface area contributed by atoms with Gasteiger partial charge in [0.2, 0.25) is 5.91 Å². The van der Waals surface area contributed by atoms with Gasteiger partial charge in [0.25, 0.3) is 0 Å². The van der Waals surface area contributed by atoms with Crippen molar-refractivity contribution in [3.8, 4) is 0 Å². The predicted octanol–water partition coefficient (Wildman–Crippen LogP) is 2.38. The number of carbonyl (C=O) groups is 1. The van der Waals surface area contributed by atoms with Crippen LogP contribution in [0, 0.1) is 0 Å². The van der Waals surface area contributed by atoms with Crippen LogP contribution in [0.25, 0.3) is 0 Å². The van der Waals surface area contributed by atoms with Crippen molar-refractivity contribution in [1.82, 2.24) is 4.90 Å². The van der Waals surface area contributed by atoms with Crippen molar-refractivity contribution in [1.29, 1.82) is 0 Å². The first kappa shape index (κ1) is 12.0. The molecule has 0 saturated carbocycles. The number of amides is 1. The summed E-state index contributed by atoms with van der Waals surface area (Å²) in [5.74, 6) is 0.710. The molecule has 0 spiro atoms. The van der Waals surface area contributed by atoms with Crippen LogP contribution in [0.5, 0.6) is 0 Å². The first-order valence-electron chi connectivity index (χ1n) is 6.34. The van der Waals surface area contributed by atoms with E-state index in [9.17, 15) is 4.79 Å². The first-order valence-corrected chi connectivity index (χ1v) is 6.34. The van der Waals surface area contributed by atoms with Crippen molar-refractivity contribution in [2.45, 2.75) is 32.1 Å². The van der Waals surface area contributed by atoms with Gasteiger partial charge in [0.05, 0.1) is 0 Å². The number of nitrogen functional groups attached to an aromatic ring is 1. The van der Waals surface area contributed by atoms with Crippen molar-refractivity contribution in [3.05, 3.63) is 29.8 Å². The van der Waals surface area contributed by atoms with Gasteiger partial charge in [-0.15, -0.1) is 0 Å². The number of rotatable bonds is 2. The maximum atomic E-state index is 11.7. The molecule has 1 aliphatic heterocycles. The van der Waals surface area contributed by atoms with Crippen LogP contribution in [-0.2, 0) is 4.79 Å². The fraction of sp³-hybridized carbons (Fsp3) is 0.500. The Bertz CT molecular complexity index is 403. The Morgan fingerprint density at radius 1 is 1.53 bits per heavy atom. The predicted molar refractivity (Wildman–Crippen MR) is 69.7 cm³/mol. The van der Waals surface area contributed by atoms with E-state index in [1.54, 1.807) is 0 Å². The van der Waals surface area contributed by atoms with Crippen LogP contribution in [0.4, 0.5) is 5.69 Å². The van der Waals surface area contributed by atoms with Crippen molar-refractivity contribution in [3.63, 3.8) is 0 Å². The Balaban J connectivity index is 2.09. The Morgan fingerprint density at radius 3 is 3.06 bits per heavy atom. The molecule has 0 unspecified atom stereocenters. The summed E-state index contributed by atoms with van der Waals surface area (Å²) in [4.78, 5) is 13.7. The zero-order chi connectivity index (χ0) is 12.3. The molecule has 0 bridgehead atoms. The number of piperidine rings is 1. The standard InChI is InChI=1S/C14H20N2O/c1-2-14(17)16-8-4-6-12(10-16)11-5-3-7-13(15)9-11/h3,5,7,9,12H,2,4,6,8,10,15H2,1H3/t12-/m1/s1. The van der Waals surface area contributed by atoms with Gasteiger partial charge in [-0.1, -0.05) is 19.1 Å². The highest BCUT2D eigenvalue weighted by Gasteiger charge is 2.23. The maximum absolute atomic E-state index is 11.7. The molecule has 1 heterocycles. The highest BCUT2D eigenvalue weighted by atomic mass is 16.2. The molecule has 17 heavy (non-hydrogen) atoms. The van der Waals surface area contributed by atoms with Crippen LogP contribution >= 0.6 is 0 Å². The second-order valence-corrected chi connectivity index (χ2v) is 4.70. The molecule has 2 rings (SSSR count). The Hall–Kier alpha value is -1.51. The average Bonchev–Trinajstić information content (AvgIpc) is 2.38. The van der Waals surface area contributed by atoms with Crippen molar-refractivity contribution >= 4 is 11.6 Å². The molecule has 1 aromatic carbocycles. The molecular formula is C14H20N2O. The molecule has 1 aromatic rings. The Morgan fingerprint density at radius 2 is 2.35 bits per heavy atom. The lowest BCUT2D eigenvalue weighted by atomic mass is 9.90. The van der Waals surface area contributed by atoms with E-state index in [4.69, 9.17) is 5.73 Å². The van der Waals surface area contributed by atoms with E-state index in [2.05, 4.69) is 6.07 Å². The molecule has 1 atom stereocenters. The van der Waals surface area contributed by atoms with Gasteiger partial charge < -0.3 is 10.6 Å². The lowest BCUT2D eigenvalue weighted by molar-refractivity contribution is -0.132. The molecule has 1 saturated heterocycles. The highest BCUT2D eigenvalue weighted by molar-refractivity contribution is 5.76. The van der Waals surface area contributed by atoms with E-state index in [1.165, 1.54) is 5.56 Å². The summed E-state index contributed by atoms with van der Waals surface area (Å²) in [5.41, 5.74) is 7.87. The van der Waals surface area contributed by atoms with Crippen LogP contribution in [-0.4, -0.2) is 23.9 Å². The highest BCUT2D eigenvalue weighted by Crippen LogP contribution is 2.28. The number of likely N-dealkylation sites (tertiary alicyclic amines) is 1. The van der Waals surface area contributed by atoms with Crippen LogP contribution in [0.1, 0.15) is 37.7 Å². The Kier molecular flexibility index (Phi) is 3.67. The lowest BCUT2D eigenvalue weighted by Gasteiger charge is -2.33. The van der Waals surface area contributed by atoms with Gasteiger partial charge in [-0.25, -0.2) is 0 Å². The van der Waals surface area contributed by atoms with E-state index in [0.717, 1.165) is 31.6 Å². The molecule has 2 N–H and O–H groups in total. The maximum Gasteiger partial charge on any atom is 0.222 e. The van der Waals surface area contributed by atoms with Crippen LogP contribution in [0.15, 0.2) is 24.3 Å². The topological polar surface area (TPSA) is 46.3 Å². The largest absolute Gasteiger partial charge is 0.399 e. The fourth-order valence-electron chi connectivity index (χ4n) is 2.51. The van der Waals surface area contributed by atoms with E-state index in [-0.39, 0.29) is 5.91 Å². The van der Waals surface area contributed by atoms with Gasteiger partial charge >= 0.3 is 0 Å². The van der Waals surface area contributed by atoms with Gasteiger partial charge in [0, 0.05) is 31.1 Å². The average molecular weight is 232 g/mol. The van der Waals surface area contributed by atoms with Crippen LogP contribution in [0.2, 0.25) is 0 Å². The SMILES string of the molecule is CCC(=O)N1CCC[C@@H](c2cccc(N)c2)C1. The number of nitrogens with two attached hydrogens (primary N) is 1. The van der Waals surface area contributed by atoms with Gasteiger partial charge in [-0.3, -0.25) is 4.79 Å². The zero-order valence-corrected chi connectivity index (χ0v) is 10.4. The second kappa shape index (κ2) is 5.21. The minimum Gasteiger partial charge on any atom is -0.399 e. The summed E-state index contributed by atoms with van der Waals surface area (Å²) >= 11 is 0. The van der Waals surface area contributed by atoms with Crippen LogP contribution in [0.3, 0.4) is 0 Å². The number of hydrogen-bond donors (Lipinski definition) is 1. The smallest absolute Gasteiger partial charge is 0.222 e. The molecule has 92 valence electrons. The summed E-state index contributed by atoms with van der Waals surface area (Å²) in [7, 11) is 0. The van der Waals surface area contributed by atoms with E-state index in [0.29, 0.717) is 12.3 Å². The van der Waals surface area contributed by atoms with Gasteiger partial charge in [-0.2, -0.15) is 0 Å². The van der Waals surface area contributed by atoms with Crippen LogP contribution < -0.4 is 5.73 Å². The number of carbonyl (C=O) groups excluding carboxylic acids is 1. The third-order valence-electron chi connectivity index (χ3n) is 3.46. The number of nitrogens with zero attached hydrogens (tertiary/aromatic N) is 1. The molecular weight excluding hydrogens is 212 g/mol. The lowest BCUT2D eigenvalue weighted by Crippen LogP contribution is -2.38. The molecule has 1 fully saturated rings. The minimum atomic E-state index is 0.263. The van der Waals surface area contributed by atoms with Gasteiger partial charge in [0.15, 0.2) is 0 Å². The number of hydrogen-bond acceptors (Lipinski definition) is 2. The normalized spacial score (nSPS) is 20.3. The fourth-order valence-corrected chi connectivity index (χ4v) is 2.51. The van der Waals surface area contributed by atoms with E-state index in [1.807, 2.05) is 30.0 Å². The summed E-state index contributed by atoms with van der Waals surface area (Å²) in [6.45, 7) is 3.67. The third-order valence-corrected chi connectivity index (χ3v) is 3.46. The van der Waals surface area contributed by atoms with E-state index < -0.39 is 0 Å². The molecule has 0 radical (unpaired) electrons. The minimum absolute atomic E-state index is 0.263. The summed E-state index contributed by atoms with van der Waals surface area (Å²) in [5, 5.41) is 0. The molecule has 1 aliphatic rings. The van der Waals surface area contributed by atoms with E-state index >= 15 is 0 Å². The molecule has 3 nitrogen and oxygen atoms in total. The van der Waals surface area contributed by atoms with Gasteiger partial charge in [0.1, 0.15) is 0 Å². The summed E-state index contributed by atoms with van der Waals surface area (Å²) in [6, 6.07) is 8.04. The monoisotopic (exact) mass is 232 g/mol. The van der Waals surface area contributed by atoms with Crippen molar-refractivity contribution in [2.24, 2.45) is 0 Å². The number of anilines is 1. The molecule has 3 heteroatoms. The number of benzene rings is 1. The van der Waals surface area contributed by atoms with Crippen molar-refractivity contribution < 1.29 is 4.79 Å². The Labute approximate surface area is 103 Å². The second-order valence-electron chi connectivity index (χ2n) is 4.70. The summed E-state index contributed by atoms with van der Waals surface area (Å²) in [6.07, 6.45) is 2.84. The quantitative estimate of drug-likeness (QED) is 0.796. The molecule has 1 amide bonds. The third kappa shape index (κ3) is 2.78. The van der Waals surface area contributed by atoms with Gasteiger partial charge in [-0.05, 0) is 30.5 Å². The zero-order valence-electron chi connectivity index (χ0n) is 10.4. The molecule has 0 aromatic heterocycles. The first-order chi connectivity index (χ1) is 8.20. The summed E-state index contributed by atoms with van der Waals surface area (Å²) < 4.78 is 0.